The molecular weight excluding hydrogens is 330 g/mol. The van der Waals surface area contributed by atoms with Crippen molar-refractivity contribution in [3.63, 3.8) is 0 Å². The van der Waals surface area contributed by atoms with Crippen molar-refractivity contribution in [1.82, 2.24) is 0 Å². The Kier molecular flexibility index (Phi) is 9.52. The molecule has 0 aromatic rings. The van der Waals surface area contributed by atoms with Gasteiger partial charge in [0, 0.05) is 45.3 Å². The minimum absolute atomic E-state index is 0.611. The molecular formula is C4H12I2Si. The molecule has 0 aromatic heterocycles. The predicted octanol–water partition coefficient (Wildman–Crippen LogP) is 3.73. The quantitative estimate of drug-likeness (QED) is 0.465. The van der Waals surface area contributed by atoms with Crippen LogP contribution in [-0.4, -0.2) is 8.07 Å². The average Bonchev–Trinajstić information content (AvgIpc) is 1.36. The Morgan fingerprint density at radius 2 is 0.857 bits per heavy atom. The molecule has 3 heteroatoms. The van der Waals surface area contributed by atoms with Gasteiger partial charge >= 0.3 is 0 Å². The topological polar surface area (TPSA) is 0 Å². The van der Waals surface area contributed by atoms with E-state index in [1.54, 1.807) is 0 Å². The summed E-state index contributed by atoms with van der Waals surface area (Å²) in [6, 6.07) is 0. The first kappa shape index (κ1) is 11.5. The standard InChI is InChI=1S/C4H12Si.I2/c1-5(2,3)4;1-2/h1-4H3;. The summed E-state index contributed by atoms with van der Waals surface area (Å²) in [6.45, 7) is 9.31. The fourth-order valence-electron chi connectivity index (χ4n) is 0. The summed E-state index contributed by atoms with van der Waals surface area (Å²) in [7, 11) is -0.611. The molecule has 0 nitrogen and oxygen atoms in total. The number of halogens is 2. The van der Waals surface area contributed by atoms with Crippen LogP contribution in [0.3, 0.4) is 0 Å². The molecule has 0 fully saturated rings. The van der Waals surface area contributed by atoms with Gasteiger partial charge in [-0.3, -0.25) is 0 Å². The Labute approximate surface area is 70.8 Å². The molecule has 0 atom stereocenters. The van der Waals surface area contributed by atoms with Crippen molar-refractivity contribution in [2.75, 3.05) is 0 Å². The van der Waals surface area contributed by atoms with Gasteiger partial charge in [-0.25, -0.2) is 0 Å². The fourth-order valence-corrected chi connectivity index (χ4v) is 0. The van der Waals surface area contributed by atoms with E-state index < -0.39 is 8.07 Å². The molecule has 0 rings (SSSR count). The van der Waals surface area contributed by atoms with E-state index >= 15 is 0 Å². The molecule has 0 saturated heterocycles. The van der Waals surface area contributed by atoms with Gasteiger partial charge < -0.3 is 0 Å². The summed E-state index contributed by atoms with van der Waals surface area (Å²) in [5, 5.41) is 0. The molecule has 0 aromatic carbocycles. The van der Waals surface area contributed by atoms with Gasteiger partial charge in [0.25, 0.3) is 0 Å². The summed E-state index contributed by atoms with van der Waals surface area (Å²) in [5.74, 6) is 0. The van der Waals surface area contributed by atoms with Gasteiger partial charge in [-0.1, -0.05) is 26.2 Å². The zero-order chi connectivity index (χ0) is 6.50. The maximum absolute atomic E-state index is 2.33. The van der Waals surface area contributed by atoms with Crippen LogP contribution in [0.1, 0.15) is 0 Å². The largest absolute Gasteiger partial charge is 0.0697 e. The highest BCUT2D eigenvalue weighted by Crippen LogP contribution is 1.94. The Bertz CT molecular complexity index is 25.2. The first-order chi connectivity index (χ1) is 3.00. The lowest BCUT2D eigenvalue weighted by Crippen LogP contribution is -2.10. The van der Waals surface area contributed by atoms with Crippen molar-refractivity contribution in [3.05, 3.63) is 0 Å². The van der Waals surface area contributed by atoms with Gasteiger partial charge in [0.05, 0.1) is 0 Å². The maximum atomic E-state index is 2.33. The second-order valence-electron chi connectivity index (χ2n) is 3.00. The van der Waals surface area contributed by atoms with E-state index in [0.717, 1.165) is 0 Å². The third kappa shape index (κ3) is 88.0. The third-order valence-electron chi connectivity index (χ3n) is 0. The highest BCUT2D eigenvalue weighted by Gasteiger charge is 1.99. The minimum Gasteiger partial charge on any atom is -0.0697 e. The summed E-state index contributed by atoms with van der Waals surface area (Å²) in [6.07, 6.45) is 0. The molecule has 0 bridgehead atoms. The van der Waals surface area contributed by atoms with Crippen LogP contribution in [-0.2, 0) is 0 Å². The highest BCUT2D eigenvalue weighted by molar-refractivity contribution is 15.0. The van der Waals surface area contributed by atoms with Gasteiger partial charge in [0.15, 0.2) is 0 Å². The number of rotatable bonds is 0. The molecule has 0 aliphatic carbocycles. The first-order valence-electron chi connectivity index (χ1n) is 2.14. The Morgan fingerprint density at radius 1 is 0.857 bits per heavy atom. The van der Waals surface area contributed by atoms with E-state index in [0.29, 0.717) is 0 Å². The molecule has 0 heterocycles. The van der Waals surface area contributed by atoms with Gasteiger partial charge in [-0.05, 0) is 0 Å². The third-order valence-corrected chi connectivity index (χ3v) is 0. The van der Waals surface area contributed by atoms with Crippen LogP contribution in [0.4, 0.5) is 0 Å². The molecule has 0 unspecified atom stereocenters. The Balaban J connectivity index is 0. The molecule has 46 valence electrons. The summed E-state index contributed by atoms with van der Waals surface area (Å²) < 4.78 is 0. The molecule has 0 saturated carbocycles. The van der Waals surface area contributed by atoms with E-state index in [9.17, 15) is 0 Å². The van der Waals surface area contributed by atoms with Crippen molar-refractivity contribution in [3.8, 4) is 0 Å². The second kappa shape index (κ2) is 5.81. The van der Waals surface area contributed by atoms with Crippen LogP contribution in [0.5, 0.6) is 0 Å². The van der Waals surface area contributed by atoms with Crippen LogP contribution >= 0.6 is 37.2 Å². The number of hydrogen-bond donors (Lipinski definition) is 0. The molecule has 0 N–H and O–H groups in total. The van der Waals surface area contributed by atoms with Crippen LogP contribution in [0.2, 0.25) is 26.2 Å². The summed E-state index contributed by atoms with van der Waals surface area (Å²) in [4.78, 5) is 0. The van der Waals surface area contributed by atoms with E-state index in [-0.39, 0.29) is 0 Å². The maximum Gasteiger partial charge on any atom is 0.0411 e. The molecule has 0 spiro atoms. The van der Waals surface area contributed by atoms with E-state index in [4.69, 9.17) is 0 Å². The SMILES string of the molecule is C[Si](C)(C)C.II. The zero-order valence-electron chi connectivity index (χ0n) is 5.26. The van der Waals surface area contributed by atoms with Crippen molar-refractivity contribution < 1.29 is 0 Å². The van der Waals surface area contributed by atoms with Crippen LogP contribution in [0.15, 0.2) is 0 Å². The summed E-state index contributed by atoms with van der Waals surface area (Å²) in [5.41, 5.74) is 0. The monoisotopic (exact) mass is 342 g/mol. The smallest absolute Gasteiger partial charge is 0.0411 e. The molecule has 7 heavy (non-hydrogen) atoms. The van der Waals surface area contributed by atoms with Crippen LogP contribution in [0, 0.1) is 0 Å². The predicted molar refractivity (Wildman–Crippen MR) is 57.3 cm³/mol. The number of hydrogen-bond acceptors (Lipinski definition) is 0. The second-order valence-corrected chi connectivity index (χ2v) is 9.00. The lowest BCUT2D eigenvalue weighted by Gasteiger charge is -2.01. The van der Waals surface area contributed by atoms with Crippen molar-refractivity contribution in [1.29, 1.82) is 0 Å². The summed E-state index contributed by atoms with van der Waals surface area (Å²) >= 11 is 4.24. The first-order valence-corrected chi connectivity index (χ1v) is 12.4. The highest BCUT2D eigenvalue weighted by atomic mass is 128. The average molecular weight is 342 g/mol. The lowest BCUT2D eigenvalue weighted by molar-refractivity contribution is 1.71. The van der Waals surface area contributed by atoms with E-state index in [1.165, 1.54) is 0 Å². The van der Waals surface area contributed by atoms with Crippen molar-refractivity contribution >= 4 is 45.3 Å². The normalized spacial score (nSPS) is 9.43. The molecule has 0 aliphatic rings. The van der Waals surface area contributed by atoms with Crippen LogP contribution in [0.25, 0.3) is 0 Å². The van der Waals surface area contributed by atoms with Crippen LogP contribution < -0.4 is 0 Å². The van der Waals surface area contributed by atoms with Gasteiger partial charge in [0.1, 0.15) is 0 Å². The van der Waals surface area contributed by atoms with E-state index in [2.05, 4.69) is 63.4 Å². The van der Waals surface area contributed by atoms with Crippen molar-refractivity contribution in [2.45, 2.75) is 26.2 Å². The fraction of sp³-hybridized carbons (Fsp3) is 1.00. The Hall–Kier alpha value is 1.68. The van der Waals surface area contributed by atoms with Crippen molar-refractivity contribution in [2.24, 2.45) is 0 Å². The molecule has 0 radical (unpaired) electrons. The van der Waals surface area contributed by atoms with Gasteiger partial charge in [-0.2, -0.15) is 0 Å². The zero-order valence-corrected chi connectivity index (χ0v) is 10.6. The van der Waals surface area contributed by atoms with Gasteiger partial charge in [0.2, 0.25) is 0 Å². The molecule has 0 aliphatic heterocycles. The Morgan fingerprint density at radius 3 is 0.857 bits per heavy atom. The van der Waals surface area contributed by atoms with E-state index in [1.807, 2.05) is 0 Å². The van der Waals surface area contributed by atoms with Gasteiger partial charge in [-0.15, -0.1) is 0 Å². The molecule has 0 amide bonds. The lowest BCUT2D eigenvalue weighted by atomic mass is 11.8. The minimum atomic E-state index is -0.611.